The van der Waals surface area contributed by atoms with Crippen LogP contribution in [-0.4, -0.2) is 31.1 Å². The van der Waals surface area contributed by atoms with Crippen LogP contribution in [0.25, 0.3) is 0 Å². The topological polar surface area (TPSA) is 58.6 Å². The first kappa shape index (κ1) is 23.1. The number of methoxy groups -OCH3 is 1. The van der Waals surface area contributed by atoms with Crippen LogP contribution in [0.2, 0.25) is 0 Å². The molecule has 0 bridgehead atoms. The molecule has 0 saturated heterocycles. The number of halogens is 3. The molecule has 31 heavy (non-hydrogen) atoms. The number of nitrogens with zero attached hydrogens (tertiary/aromatic N) is 1. The number of carbonyl (C=O) groups is 2. The maximum absolute atomic E-state index is 13.6. The molecule has 9 heteroatoms. The van der Waals surface area contributed by atoms with E-state index < -0.39 is 24.0 Å². The van der Waals surface area contributed by atoms with Gasteiger partial charge in [-0.25, -0.2) is 0 Å². The first-order valence-electron chi connectivity index (χ1n) is 10.1. The van der Waals surface area contributed by atoms with Gasteiger partial charge in [-0.15, -0.1) is 11.3 Å². The fourth-order valence-corrected chi connectivity index (χ4v) is 4.73. The summed E-state index contributed by atoms with van der Waals surface area (Å²) in [6.45, 7) is 1.80. The van der Waals surface area contributed by atoms with Crippen molar-refractivity contribution in [3.8, 4) is 5.75 Å². The highest BCUT2D eigenvalue weighted by Crippen LogP contribution is 2.36. The number of carbonyl (C=O) groups excluding carboxylic acids is 2. The Kier molecular flexibility index (Phi) is 7.25. The Morgan fingerprint density at radius 1 is 1.10 bits per heavy atom. The molecule has 0 spiro atoms. The van der Waals surface area contributed by atoms with Crippen LogP contribution in [0.5, 0.6) is 5.75 Å². The van der Waals surface area contributed by atoms with Gasteiger partial charge in [0.05, 0.1) is 7.11 Å². The number of hydrogen-bond acceptors (Lipinski definition) is 4. The van der Waals surface area contributed by atoms with Gasteiger partial charge in [0.25, 0.3) is 0 Å². The molecule has 0 aliphatic heterocycles. The van der Waals surface area contributed by atoms with Crippen LogP contribution in [0.1, 0.15) is 47.9 Å². The second kappa shape index (κ2) is 9.72. The number of anilines is 1. The molecule has 3 rings (SSSR count). The van der Waals surface area contributed by atoms with E-state index in [-0.39, 0.29) is 11.7 Å². The van der Waals surface area contributed by atoms with Crippen LogP contribution < -0.4 is 15.0 Å². The van der Waals surface area contributed by atoms with Gasteiger partial charge < -0.3 is 10.1 Å². The summed E-state index contributed by atoms with van der Waals surface area (Å²) in [4.78, 5) is 27.6. The summed E-state index contributed by atoms with van der Waals surface area (Å²) in [5.41, 5.74) is -0.0297. The zero-order chi connectivity index (χ0) is 22.6. The molecule has 0 radical (unpaired) electrons. The van der Waals surface area contributed by atoms with Crippen LogP contribution in [0.3, 0.4) is 0 Å². The van der Waals surface area contributed by atoms with E-state index in [9.17, 15) is 22.8 Å². The smallest absolute Gasteiger partial charge is 0.471 e. The molecule has 2 aromatic rings. The second-order valence-electron chi connectivity index (χ2n) is 7.57. The van der Waals surface area contributed by atoms with E-state index in [0.29, 0.717) is 15.5 Å². The van der Waals surface area contributed by atoms with E-state index in [4.69, 9.17) is 4.74 Å². The minimum atomic E-state index is -5.14. The molecule has 5 nitrogen and oxygen atoms in total. The van der Waals surface area contributed by atoms with Crippen molar-refractivity contribution in [2.75, 3.05) is 12.0 Å². The van der Waals surface area contributed by atoms with Gasteiger partial charge >= 0.3 is 12.1 Å². The second-order valence-corrected chi connectivity index (χ2v) is 8.88. The lowest BCUT2D eigenvalue weighted by atomic mass is 9.95. The standard InChI is InChI=1S/C22H25F3N2O3S/c1-14-8-13-18(31-14)19(20(28)26-15-6-4-3-5-7-15)27(21(29)22(23,24)25)16-9-11-17(30-2)12-10-16/h8-13,15,19H,3-7H2,1-2H3,(H,26,28). The monoisotopic (exact) mass is 454 g/mol. The van der Waals surface area contributed by atoms with Gasteiger partial charge in [-0.3, -0.25) is 14.5 Å². The maximum Gasteiger partial charge on any atom is 0.471 e. The van der Waals surface area contributed by atoms with Crippen LogP contribution in [0, 0.1) is 6.92 Å². The number of aryl methyl sites for hydroxylation is 1. The number of hydrogen-bond donors (Lipinski definition) is 1. The molecule has 1 atom stereocenters. The van der Waals surface area contributed by atoms with Gasteiger partial charge in [0, 0.05) is 21.5 Å². The Bertz CT molecular complexity index is 905. The summed E-state index contributed by atoms with van der Waals surface area (Å²) in [6, 6.07) is 7.42. The summed E-state index contributed by atoms with van der Waals surface area (Å²) in [6.07, 6.45) is -0.607. The number of amides is 2. The van der Waals surface area contributed by atoms with E-state index in [1.54, 1.807) is 19.1 Å². The fourth-order valence-electron chi connectivity index (χ4n) is 3.76. The molecule has 1 unspecified atom stereocenters. The minimum absolute atomic E-state index is 0.0297. The molecule has 168 valence electrons. The van der Waals surface area contributed by atoms with Crippen molar-refractivity contribution in [1.82, 2.24) is 5.32 Å². The molecule has 1 aliphatic carbocycles. The van der Waals surface area contributed by atoms with Crippen molar-refractivity contribution in [2.45, 2.75) is 57.3 Å². The normalized spacial score (nSPS) is 15.9. The van der Waals surface area contributed by atoms with Gasteiger partial charge in [0.2, 0.25) is 5.91 Å². The Morgan fingerprint density at radius 3 is 2.26 bits per heavy atom. The molecule has 1 heterocycles. The Labute approximate surface area is 183 Å². The quantitative estimate of drug-likeness (QED) is 0.657. The highest BCUT2D eigenvalue weighted by molar-refractivity contribution is 7.12. The van der Waals surface area contributed by atoms with Crippen LogP contribution in [0.4, 0.5) is 18.9 Å². The van der Waals surface area contributed by atoms with Crippen molar-refractivity contribution in [1.29, 1.82) is 0 Å². The average molecular weight is 455 g/mol. The molecule has 1 aromatic heterocycles. The largest absolute Gasteiger partial charge is 0.497 e. The third-order valence-corrected chi connectivity index (χ3v) is 6.35. The zero-order valence-electron chi connectivity index (χ0n) is 17.4. The number of nitrogens with one attached hydrogen (secondary N) is 1. The third kappa shape index (κ3) is 5.58. The van der Waals surface area contributed by atoms with Crippen molar-refractivity contribution in [3.63, 3.8) is 0 Å². The number of ether oxygens (including phenoxy) is 1. The van der Waals surface area contributed by atoms with E-state index in [1.807, 2.05) is 0 Å². The summed E-state index contributed by atoms with van der Waals surface area (Å²) in [5, 5.41) is 2.89. The summed E-state index contributed by atoms with van der Waals surface area (Å²) >= 11 is 1.20. The van der Waals surface area contributed by atoms with Gasteiger partial charge in [-0.05, 0) is 56.2 Å². The molecule has 2 amide bonds. The highest BCUT2D eigenvalue weighted by atomic mass is 32.1. The van der Waals surface area contributed by atoms with Crippen LogP contribution in [-0.2, 0) is 9.59 Å². The molecule has 1 N–H and O–H groups in total. The number of benzene rings is 1. The Morgan fingerprint density at radius 2 is 1.74 bits per heavy atom. The number of rotatable bonds is 6. The maximum atomic E-state index is 13.6. The average Bonchev–Trinajstić information content (AvgIpc) is 3.17. The number of alkyl halides is 3. The Hall–Kier alpha value is -2.55. The fraction of sp³-hybridized carbons (Fsp3) is 0.455. The zero-order valence-corrected chi connectivity index (χ0v) is 18.2. The highest BCUT2D eigenvalue weighted by Gasteiger charge is 2.48. The van der Waals surface area contributed by atoms with Crippen molar-refractivity contribution < 1.29 is 27.5 Å². The summed E-state index contributed by atoms with van der Waals surface area (Å²) in [7, 11) is 1.43. The van der Waals surface area contributed by atoms with Gasteiger partial charge in [-0.1, -0.05) is 19.3 Å². The first-order chi connectivity index (χ1) is 14.7. The van der Waals surface area contributed by atoms with E-state index in [2.05, 4.69) is 5.32 Å². The predicted octanol–water partition coefficient (Wildman–Crippen LogP) is 5.15. The molecule has 1 fully saturated rings. The number of thiophene rings is 1. The van der Waals surface area contributed by atoms with E-state index in [0.717, 1.165) is 37.0 Å². The van der Waals surface area contributed by atoms with Crippen molar-refractivity contribution >= 4 is 28.8 Å². The summed E-state index contributed by atoms with van der Waals surface area (Å²) in [5.74, 6) is -2.27. The van der Waals surface area contributed by atoms with Gasteiger partial charge in [-0.2, -0.15) is 13.2 Å². The van der Waals surface area contributed by atoms with E-state index >= 15 is 0 Å². The molecular formula is C22H25F3N2O3S. The minimum Gasteiger partial charge on any atom is -0.497 e. The summed E-state index contributed by atoms with van der Waals surface area (Å²) < 4.78 is 45.8. The van der Waals surface area contributed by atoms with Crippen molar-refractivity contribution in [3.05, 3.63) is 46.2 Å². The predicted molar refractivity (Wildman–Crippen MR) is 113 cm³/mol. The van der Waals surface area contributed by atoms with E-state index in [1.165, 1.54) is 42.7 Å². The lowest BCUT2D eigenvalue weighted by molar-refractivity contribution is -0.171. The molecule has 1 saturated carbocycles. The molecular weight excluding hydrogens is 429 g/mol. The van der Waals surface area contributed by atoms with Gasteiger partial charge in [0.15, 0.2) is 6.04 Å². The van der Waals surface area contributed by atoms with Crippen LogP contribution in [0.15, 0.2) is 36.4 Å². The third-order valence-electron chi connectivity index (χ3n) is 5.30. The van der Waals surface area contributed by atoms with Crippen molar-refractivity contribution in [2.24, 2.45) is 0 Å². The molecule has 1 aromatic carbocycles. The first-order valence-corrected chi connectivity index (χ1v) is 10.9. The van der Waals surface area contributed by atoms with Gasteiger partial charge in [0.1, 0.15) is 5.75 Å². The van der Waals surface area contributed by atoms with Crippen LogP contribution >= 0.6 is 11.3 Å². The Balaban J connectivity index is 2.04. The SMILES string of the molecule is COc1ccc(N(C(=O)C(F)(F)F)C(C(=O)NC2CCCCC2)c2ccc(C)s2)cc1. The lowest BCUT2D eigenvalue weighted by Gasteiger charge is -2.33. The lowest BCUT2D eigenvalue weighted by Crippen LogP contribution is -2.50. The molecule has 1 aliphatic rings.